The Labute approximate surface area is 573 Å². The second-order valence-electron chi connectivity index (χ2n) is 25.2. The van der Waals surface area contributed by atoms with Crippen LogP contribution in [0.15, 0.2) is 353 Å². The SMILES string of the molecule is Brc1ccc2oc3c4ccccc4ccc3c2c1.OB(O)c1c2ccccc2c(-c2ccc(-c3cccc4ccccc34)cc2)c2ccccc12.c1ccc2c(-c3ccc(-c4c5ccccc5c(-c5ccc6oc7c8ccccc8ccc7c6c5)c5ccccc45)cc3)cccc2c1. The van der Waals surface area contributed by atoms with Gasteiger partial charge in [-0.15, -0.1) is 0 Å². The zero-order chi connectivity index (χ0) is 65.4. The third-order valence-electron chi connectivity index (χ3n) is 19.7. The monoisotopic (exact) mass is 1320 g/mol. The third-order valence-corrected chi connectivity index (χ3v) is 20.2. The van der Waals surface area contributed by atoms with E-state index in [1.807, 2.05) is 60.7 Å². The minimum atomic E-state index is -1.54. The molecule has 0 aliphatic heterocycles. The van der Waals surface area contributed by atoms with Gasteiger partial charge in [0.2, 0.25) is 0 Å². The Kier molecular flexibility index (Phi) is 14.6. The van der Waals surface area contributed by atoms with Crippen molar-refractivity contribution in [3.05, 3.63) is 344 Å². The van der Waals surface area contributed by atoms with Crippen LogP contribution in [0.3, 0.4) is 0 Å². The number of fused-ring (bicyclic) bond motifs is 16. The summed E-state index contributed by atoms with van der Waals surface area (Å²) >= 11 is 3.51. The Morgan fingerprint density at radius 1 is 0.224 bits per heavy atom. The minimum absolute atomic E-state index is 0.553. The van der Waals surface area contributed by atoms with Crippen molar-refractivity contribution in [3.63, 3.8) is 0 Å². The molecule has 0 unspecified atom stereocenters. The molecule has 0 fully saturated rings. The van der Waals surface area contributed by atoms with E-state index in [4.69, 9.17) is 8.83 Å². The van der Waals surface area contributed by atoms with Gasteiger partial charge in [-0.1, -0.05) is 313 Å². The maximum absolute atomic E-state index is 10.2. The van der Waals surface area contributed by atoms with Gasteiger partial charge in [0.1, 0.15) is 22.3 Å². The average molecular weight is 1320 g/mol. The van der Waals surface area contributed by atoms with Gasteiger partial charge in [-0.3, -0.25) is 0 Å². The van der Waals surface area contributed by atoms with E-state index in [0.29, 0.717) is 5.46 Å². The maximum atomic E-state index is 10.2. The zero-order valence-corrected chi connectivity index (χ0v) is 54.6. The molecule has 0 radical (unpaired) electrons. The van der Waals surface area contributed by atoms with Gasteiger partial charge in [0, 0.05) is 36.8 Å². The van der Waals surface area contributed by atoms with Crippen LogP contribution in [0, 0.1) is 0 Å². The lowest BCUT2D eigenvalue weighted by Crippen LogP contribution is -2.31. The highest BCUT2D eigenvalue weighted by molar-refractivity contribution is 9.10. The van der Waals surface area contributed by atoms with Gasteiger partial charge >= 0.3 is 7.12 Å². The van der Waals surface area contributed by atoms with Crippen molar-refractivity contribution in [3.8, 4) is 55.6 Å². The van der Waals surface area contributed by atoms with Crippen LogP contribution in [-0.4, -0.2) is 17.2 Å². The summed E-state index contributed by atoms with van der Waals surface area (Å²) in [7, 11) is -1.54. The van der Waals surface area contributed by atoms with Crippen LogP contribution >= 0.6 is 15.9 Å². The van der Waals surface area contributed by atoms with Gasteiger partial charge in [0.15, 0.2) is 0 Å². The molecule has 0 saturated carbocycles. The molecular weight excluding hydrogens is 1260 g/mol. The molecule has 20 rings (SSSR count). The number of halogens is 1. The van der Waals surface area contributed by atoms with E-state index in [2.05, 4.69) is 295 Å². The predicted molar refractivity (Wildman–Crippen MR) is 419 cm³/mol. The first-order valence-electron chi connectivity index (χ1n) is 33.1. The van der Waals surface area contributed by atoms with Crippen LogP contribution in [0.25, 0.3) is 186 Å². The third kappa shape index (κ3) is 10.1. The molecule has 4 nitrogen and oxygen atoms in total. The summed E-state index contributed by atoms with van der Waals surface area (Å²) < 4.78 is 13.5. The molecule has 2 N–H and O–H groups in total. The fraction of sp³-hybridized carbons (Fsp3) is 0. The van der Waals surface area contributed by atoms with Gasteiger partial charge < -0.3 is 18.9 Å². The molecule has 18 aromatic carbocycles. The summed E-state index contributed by atoms with van der Waals surface area (Å²) in [6, 6.07) is 120. The Hall–Kier alpha value is -11.9. The molecule has 98 heavy (non-hydrogen) atoms. The molecule has 0 bridgehead atoms. The molecule has 0 amide bonds. The number of furan rings is 2. The molecular formula is C92H58BBrO4. The van der Waals surface area contributed by atoms with Gasteiger partial charge in [0.05, 0.1) is 0 Å². The molecule has 0 aliphatic carbocycles. The molecule has 20 aromatic rings. The number of rotatable bonds is 6. The maximum Gasteiger partial charge on any atom is 0.489 e. The van der Waals surface area contributed by atoms with Crippen molar-refractivity contribution in [2.45, 2.75) is 0 Å². The second-order valence-corrected chi connectivity index (χ2v) is 26.1. The zero-order valence-electron chi connectivity index (χ0n) is 53.0. The minimum Gasteiger partial charge on any atom is -0.455 e. The summed E-state index contributed by atoms with van der Waals surface area (Å²) in [5.74, 6) is 0. The lowest BCUT2D eigenvalue weighted by Gasteiger charge is -2.18. The fourth-order valence-corrected chi connectivity index (χ4v) is 15.6. The fourth-order valence-electron chi connectivity index (χ4n) is 15.2. The van der Waals surface area contributed by atoms with E-state index >= 15 is 0 Å². The Balaban J connectivity index is 0.000000118. The summed E-state index contributed by atoms with van der Waals surface area (Å²) in [5, 5.41) is 43.5. The van der Waals surface area contributed by atoms with E-state index in [-0.39, 0.29) is 0 Å². The van der Waals surface area contributed by atoms with E-state index in [1.54, 1.807) is 0 Å². The van der Waals surface area contributed by atoms with Gasteiger partial charge in [0.25, 0.3) is 0 Å². The molecule has 460 valence electrons. The van der Waals surface area contributed by atoms with Crippen molar-refractivity contribution in [2.75, 3.05) is 0 Å². The topological polar surface area (TPSA) is 66.7 Å². The summed E-state index contributed by atoms with van der Waals surface area (Å²) in [5.41, 5.74) is 16.3. The standard InChI is InChI=1S/C46H28O.C30H21BO2.C16H9BrO/c1-3-13-34-29(10-1)12-9-19-35(34)31-20-22-32(23-21-31)44-37-15-5-7-17-39(37)45(40-18-8-6-16-38(40)44)33-25-27-43-42(28-33)41-26-24-30-11-2-4-14-36(30)46(41)47-43;32-31(33)30-27-13-5-3-11-25(27)29(26-12-4-6-14-28(26)30)22-18-16-21(17-19-22)24-15-7-9-20-8-1-2-10-23(20)24;17-11-6-8-15-14(9-11)13-7-5-10-3-1-2-4-12(10)16(13)18-15/h1-28H;1-19,32-33H;1-9H. The highest BCUT2D eigenvalue weighted by Crippen LogP contribution is 2.47. The normalized spacial score (nSPS) is 11.6. The molecule has 2 heterocycles. The second kappa shape index (κ2) is 24.4. The van der Waals surface area contributed by atoms with E-state index in [9.17, 15) is 10.0 Å². The molecule has 2 aromatic heterocycles. The summed E-state index contributed by atoms with van der Waals surface area (Å²) in [6.45, 7) is 0. The number of hydrogen-bond acceptors (Lipinski definition) is 4. The van der Waals surface area contributed by atoms with Crippen molar-refractivity contribution in [1.82, 2.24) is 0 Å². The molecule has 0 atom stereocenters. The van der Waals surface area contributed by atoms with Crippen molar-refractivity contribution in [1.29, 1.82) is 0 Å². The smallest absolute Gasteiger partial charge is 0.455 e. The van der Waals surface area contributed by atoms with Crippen molar-refractivity contribution in [2.24, 2.45) is 0 Å². The van der Waals surface area contributed by atoms with Crippen LogP contribution in [0.1, 0.15) is 0 Å². The van der Waals surface area contributed by atoms with Crippen LogP contribution in [0.5, 0.6) is 0 Å². The van der Waals surface area contributed by atoms with Crippen LogP contribution in [0.4, 0.5) is 0 Å². The number of hydrogen-bond donors (Lipinski definition) is 2. The largest absolute Gasteiger partial charge is 0.489 e. The highest BCUT2D eigenvalue weighted by Gasteiger charge is 2.24. The van der Waals surface area contributed by atoms with E-state index in [0.717, 1.165) is 81.0 Å². The van der Waals surface area contributed by atoms with Gasteiger partial charge in [-0.2, -0.15) is 0 Å². The number of benzene rings is 18. The van der Waals surface area contributed by atoms with E-state index < -0.39 is 7.12 Å². The molecule has 0 spiro atoms. The first kappa shape index (κ1) is 58.7. The lowest BCUT2D eigenvalue weighted by atomic mass is 9.72. The first-order valence-corrected chi connectivity index (χ1v) is 33.9. The van der Waals surface area contributed by atoms with Crippen LogP contribution in [0.2, 0.25) is 0 Å². The average Bonchev–Trinajstić information content (AvgIpc) is 1.27. The molecule has 0 saturated heterocycles. The van der Waals surface area contributed by atoms with Gasteiger partial charge in [-0.25, -0.2) is 0 Å². The Morgan fingerprint density at radius 2 is 0.531 bits per heavy atom. The quantitative estimate of drug-likeness (QED) is 0.129. The van der Waals surface area contributed by atoms with Crippen molar-refractivity contribution < 1.29 is 18.9 Å². The predicted octanol–water partition coefficient (Wildman–Crippen LogP) is 24.9. The Morgan fingerprint density at radius 3 is 0.949 bits per heavy atom. The highest BCUT2D eigenvalue weighted by atomic mass is 79.9. The molecule has 6 heteroatoms. The van der Waals surface area contributed by atoms with E-state index in [1.165, 1.54) is 109 Å². The summed E-state index contributed by atoms with van der Waals surface area (Å²) in [6.07, 6.45) is 0. The van der Waals surface area contributed by atoms with Crippen LogP contribution < -0.4 is 5.46 Å². The van der Waals surface area contributed by atoms with Crippen molar-refractivity contribution >= 4 is 159 Å². The Bertz CT molecular complexity index is 6420. The van der Waals surface area contributed by atoms with Crippen LogP contribution in [-0.2, 0) is 0 Å². The summed E-state index contributed by atoms with van der Waals surface area (Å²) in [4.78, 5) is 0. The first-order chi connectivity index (χ1) is 48.4. The lowest BCUT2D eigenvalue weighted by molar-refractivity contribution is 0.426. The molecule has 0 aliphatic rings. The van der Waals surface area contributed by atoms with Gasteiger partial charge in [-0.05, 0) is 179 Å².